The Kier molecular flexibility index (Phi) is 8.38. The van der Waals surface area contributed by atoms with Crippen molar-refractivity contribution in [3.05, 3.63) is 68.2 Å². The van der Waals surface area contributed by atoms with Crippen LogP contribution in [0.25, 0.3) is 11.3 Å². The highest BCUT2D eigenvalue weighted by Gasteiger charge is 2.26. The number of benzene rings is 2. The molecule has 4 rings (SSSR count). The van der Waals surface area contributed by atoms with Gasteiger partial charge in [0.1, 0.15) is 19.0 Å². The molecule has 0 bridgehead atoms. The van der Waals surface area contributed by atoms with Crippen molar-refractivity contribution in [2.75, 3.05) is 31.6 Å². The van der Waals surface area contributed by atoms with Gasteiger partial charge in [-0.05, 0) is 49.6 Å². The number of likely N-dealkylation sites (tertiary alicyclic amines) is 1. The molecule has 0 unspecified atom stereocenters. The van der Waals surface area contributed by atoms with Crippen molar-refractivity contribution in [3.8, 4) is 11.3 Å². The molecule has 1 saturated heterocycles. The van der Waals surface area contributed by atoms with E-state index >= 15 is 0 Å². The monoisotopic (exact) mass is 535 g/mol. The number of hydrogen-bond donors (Lipinski definition) is 1. The van der Waals surface area contributed by atoms with Gasteiger partial charge in [-0.1, -0.05) is 35.3 Å². The summed E-state index contributed by atoms with van der Waals surface area (Å²) in [5.41, 5.74) is 2.91. The number of ether oxygens (including phenoxy) is 1. The number of carbonyl (C=O) groups is 2. The lowest BCUT2D eigenvalue weighted by molar-refractivity contribution is -0.138. The number of amides is 2. The Morgan fingerprint density at radius 1 is 1.14 bits per heavy atom. The maximum absolute atomic E-state index is 13.4. The van der Waals surface area contributed by atoms with E-state index < -0.39 is 11.7 Å². The van der Waals surface area contributed by atoms with Crippen LogP contribution in [0.1, 0.15) is 29.3 Å². The largest absolute Gasteiger partial charge is 0.362 e. The lowest BCUT2D eigenvalue weighted by Gasteiger charge is -2.31. The van der Waals surface area contributed by atoms with Crippen molar-refractivity contribution in [2.24, 2.45) is 0 Å². The Morgan fingerprint density at radius 2 is 1.91 bits per heavy atom. The molecule has 35 heavy (non-hydrogen) atoms. The van der Waals surface area contributed by atoms with Crippen LogP contribution in [0.2, 0.25) is 10.0 Å². The number of aromatic nitrogens is 1. The lowest BCUT2D eigenvalue weighted by Crippen LogP contribution is -2.40. The molecule has 2 amide bonds. The first-order valence-corrected chi connectivity index (χ1v) is 12.8. The van der Waals surface area contributed by atoms with Gasteiger partial charge >= 0.3 is 0 Å². The highest BCUT2D eigenvalue weighted by atomic mass is 35.5. The van der Waals surface area contributed by atoms with Crippen molar-refractivity contribution < 1.29 is 18.7 Å². The fourth-order valence-corrected chi connectivity index (χ4v) is 5.17. The number of thiazole rings is 1. The summed E-state index contributed by atoms with van der Waals surface area (Å²) < 4.78 is 18.7. The summed E-state index contributed by atoms with van der Waals surface area (Å²) in [6.07, 6.45) is 1.61. The van der Waals surface area contributed by atoms with Gasteiger partial charge in [-0.2, -0.15) is 0 Å². The van der Waals surface area contributed by atoms with Crippen LogP contribution in [0, 0.1) is 12.7 Å². The van der Waals surface area contributed by atoms with Crippen LogP contribution in [-0.4, -0.2) is 48.0 Å². The smallest absolute Gasteiger partial charge is 0.250 e. The molecule has 2 aromatic carbocycles. The average molecular weight is 536 g/mol. The van der Waals surface area contributed by atoms with Gasteiger partial charge in [-0.15, -0.1) is 11.3 Å². The van der Waals surface area contributed by atoms with E-state index in [4.69, 9.17) is 32.9 Å². The van der Waals surface area contributed by atoms with Crippen LogP contribution >= 0.6 is 34.5 Å². The Bertz CT molecular complexity index is 1230. The third-order valence-corrected chi connectivity index (χ3v) is 7.61. The van der Waals surface area contributed by atoms with Gasteiger partial charge in [-0.3, -0.25) is 9.59 Å². The molecule has 0 spiro atoms. The highest BCUT2D eigenvalue weighted by Crippen LogP contribution is 2.34. The summed E-state index contributed by atoms with van der Waals surface area (Å²) in [4.78, 5) is 31.1. The second-order valence-electron chi connectivity index (χ2n) is 8.36. The van der Waals surface area contributed by atoms with Crippen LogP contribution < -0.4 is 5.32 Å². The van der Waals surface area contributed by atoms with Crippen LogP contribution in [0.3, 0.4) is 0 Å². The summed E-state index contributed by atoms with van der Waals surface area (Å²) in [6.45, 7) is 2.50. The fraction of sp³-hybridized carbons (Fsp3) is 0.320. The molecule has 1 aromatic heterocycles. The standard InChI is InChI=1S/C25H24Cl2FN3O3S/c1-15-2-4-18(28)11-21(15)29-23(32)12-34-13-24(33)31-8-6-16(7-9-31)25-30-22(14-35-25)17-3-5-19(26)20(27)10-17/h2-5,10-11,14,16H,6-9,12-13H2,1H3,(H,29,32). The van der Waals surface area contributed by atoms with Crippen molar-refractivity contribution in [3.63, 3.8) is 0 Å². The Balaban J connectivity index is 1.22. The minimum Gasteiger partial charge on any atom is -0.362 e. The Labute approximate surface area is 217 Å². The van der Waals surface area contributed by atoms with E-state index in [-0.39, 0.29) is 25.0 Å². The molecule has 10 heteroatoms. The van der Waals surface area contributed by atoms with Gasteiger partial charge in [0.25, 0.3) is 0 Å². The zero-order valence-corrected chi connectivity index (χ0v) is 21.4. The van der Waals surface area contributed by atoms with Crippen molar-refractivity contribution in [1.82, 2.24) is 9.88 Å². The second kappa shape index (κ2) is 11.5. The molecule has 0 radical (unpaired) electrons. The molecule has 1 aliphatic rings. The summed E-state index contributed by atoms with van der Waals surface area (Å²) in [7, 11) is 0. The predicted octanol–water partition coefficient (Wildman–Crippen LogP) is 5.93. The van der Waals surface area contributed by atoms with Crippen molar-refractivity contribution in [1.29, 1.82) is 0 Å². The van der Waals surface area contributed by atoms with E-state index in [0.29, 0.717) is 28.8 Å². The molecule has 184 valence electrons. The molecule has 1 N–H and O–H groups in total. The maximum atomic E-state index is 13.4. The molecule has 0 atom stereocenters. The normalized spacial score (nSPS) is 14.2. The Hall–Kier alpha value is -2.52. The number of piperidine rings is 1. The van der Waals surface area contributed by atoms with Gasteiger partial charge in [0.05, 0.1) is 20.7 Å². The van der Waals surface area contributed by atoms with E-state index in [1.807, 2.05) is 17.5 Å². The van der Waals surface area contributed by atoms with Crippen LogP contribution in [0.15, 0.2) is 41.8 Å². The predicted molar refractivity (Wildman–Crippen MR) is 137 cm³/mol. The SMILES string of the molecule is Cc1ccc(F)cc1NC(=O)COCC(=O)N1CCC(c2nc(-c3ccc(Cl)c(Cl)c3)cs2)CC1. The summed E-state index contributed by atoms with van der Waals surface area (Å²) >= 11 is 13.7. The second-order valence-corrected chi connectivity index (χ2v) is 10.1. The zero-order valence-electron chi connectivity index (χ0n) is 19.0. The fourth-order valence-electron chi connectivity index (χ4n) is 3.88. The van der Waals surface area contributed by atoms with Gasteiger partial charge in [0, 0.05) is 35.6 Å². The first kappa shape index (κ1) is 25.6. The van der Waals surface area contributed by atoms with Gasteiger partial charge in [0.15, 0.2) is 0 Å². The van der Waals surface area contributed by atoms with E-state index in [1.54, 1.807) is 35.3 Å². The minimum absolute atomic E-state index is 0.158. The van der Waals surface area contributed by atoms with Gasteiger partial charge in [0.2, 0.25) is 11.8 Å². The average Bonchev–Trinajstić information content (AvgIpc) is 3.33. The van der Waals surface area contributed by atoms with Gasteiger partial charge < -0.3 is 15.0 Å². The number of nitrogens with zero attached hydrogens (tertiary/aromatic N) is 2. The van der Waals surface area contributed by atoms with Crippen molar-refractivity contribution in [2.45, 2.75) is 25.7 Å². The molecular formula is C25H24Cl2FN3O3S. The molecular weight excluding hydrogens is 512 g/mol. The lowest BCUT2D eigenvalue weighted by atomic mass is 9.97. The number of anilines is 1. The molecule has 0 aliphatic carbocycles. The van der Waals surface area contributed by atoms with Crippen LogP contribution in [0.4, 0.5) is 10.1 Å². The molecule has 6 nitrogen and oxygen atoms in total. The number of hydrogen-bond acceptors (Lipinski definition) is 5. The Morgan fingerprint density at radius 3 is 2.66 bits per heavy atom. The number of halogens is 3. The maximum Gasteiger partial charge on any atom is 0.250 e. The summed E-state index contributed by atoms with van der Waals surface area (Å²) in [5, 5.41) is 6.65. The molecule has 0 saturated carbocycles. The first-order chi connectivity index (χ1) is 16.8. The molecule has 3 aromatic rings. The third kappa shape index (κ3) is 6.58. The quantitative estimate of drug-likeness (QED) is 0.407. The zero-order chi connectivity index (χ0) is 24.9. The van der Waals surface area contributed by atoms with Gasteiger partial charge in [-0.25, -0.2) is 9.37 Å². The third-order valence-electron chi connectivity index (χ3n) is 5.87. The van der Waals surface area contributed by atoms with E-state index in [9.17, 15) is 14.0 Å². The summed E-state index contributed by atoms with van der Waals surface area (Å²) in [5.74, 6) is -0.754. The first-order valence-electron chi connectivity index (χ1n) is 11.1. The van der Waals surface area contributed by atoms with E-state index in [0.717, 1.165) is 34.7 Å². The highest BCUT2D eigenvalue weighted by molar-refractivity contribution is 7.10. The number of carbonyl (C=O) groups excluding carboxylic acids is 2. The number of nitrogens with one attached hydrogen (secondary N) is 1. The minimum atomic E-state index is -0.438. The van der Waals surface area contributed by atoms with Crippen LogP contribution in [-0.2, 0) is 14.3 Å². The number of rotatable bonds is 7. The molecule has 1 aliphatic heterocycles. The van der Waals surface area contributed by atoms with Crippen LogP contribution in [0.5, 0.6) is 0 Å². The molecule has 1 fully saturated rings. The number of aryl methyl sites for hydroxylation is 1. The topological polar surface area (TPSA) is 71.5 Å². The van der Waals surface area contributed by atoms with Crippen molar-refractivity contribution >= 4 is 52.0 Å². The van der Waals surface area contributed by atoms with E-state index in [2.05, 4.69) is 5.32 Å². The summed E-state index contributed by atoms with van der Waals surface area (Å²) in [6, 6.07) is 9.62. The molecule has 2 heterocycles. The van der Waals surface area contributed by atoms with E-state index in [1.165, 1.54) is 12.1 Å².